The predicted molar refractivity (Wildman–Crippen MR) is 121 cm³/mol. The molecule has 0 N–H and O–H groups in total. The van der Waals surface area contributed by atoms with Crippen LogP contribution in [0.1, 0.15) is 69.2 Å². The van der Waals surface area contributed by atoms with Crippen LogP contribution in [0.5, 0.6) is 0 Å². The van der Waals surface area contributed by atoms with Crippen molar-refractivity contribution in [1.29, 1.82) is 0 Å². The minimum absolute atomic E-state index is 0.0412. The summed E-state index contributed by atoms with van der Waals surface area (Å²) >= 11 is 0. The summed E-state index contributed by atoms with van der Waals surface area (Å²) in [5.41, 5.74) is 6.69. The first-order valence-electron chi connectivity index (χ1n) is 10.0. The van der Waals surface area contributed by atoms with Crippen molar-refractivity contribution in [2.24, 2.45) is 0 Å². The predicted octanol–water partition coefficient (Wildman–Crippen LogP) is 7.74. The summed E-state index contributed by atoms with van der Waals surface area (Å²) in [6, 6.07) is 18.8. The quantitative estimate of drug-likeness (QED) is 0.441. The van der Waals surface area contributed by atoms with E-state index in [4.69, 9.17) is 0 Å². The molecule has 0 saturated heterocycles. The average molecular weight is 384 g/mol. The van der Waals surface area contributed by atoms with Gasteiger partial charge in [0.25, 0.3) is 0 Å². The van der Waals surface area contributed by atoms with Crippen LogP contribution >= 0.6 is 15.2 Å². The molecule has 0 nitrogen and oxygen atoms in total. The summed E-state index contributed by atoms with van der Waals surface area (Å²) in [5.74, 6) is 0. The number of fused-ring (bicyclic) bond motifs is 2. The molecule has 2 aliphatic rings. The van der Waals surface area contributed by atoms with E-state index < -0.39 is 7.26 Å². The van der Waals surface area contributed by atoms with Crippen LogP contribution in [0.25, 0.3) is 0 Å². The molecule has 0 saturated carbocycles. The molecule has 0 spiro atoms. The summed E-state index contributed by atoms with van der Waals surface area (Å²) in [7, 11) is -1.64. The summed E-state index contributed by atoms with van der Waals surface area (Å²) in [4.78, 5) is 0. The van der Waals surface area contributed by atoms with Gasteiger partial charge in [-0.3, -0.25) is 0 Å². The normalized spacial score (nSPS) is 25.6. The summed E-state index contributed by atoms with van der Waals surface area (Å²) < 4.78 is 0. The molecule has 2 heteroatoms. The second-order valence-electron chi connectivity index (χ2n) is 10.4. The number of hydrogen-bond donors (Lipinski definition) is 0. The maximum absolute atomic E-state index is 2.56. The van der Waals surface area contributed by atoms with E-state index in [1.807, 2.05) is 0 Å². The topological polar surface area (TPSA) is 0 Å². The zero-order valence-electron chi connectivity index (χ0n) is 17.3. The Kier molecular flexibility index (Phi) is 4.42. The summed E-state index contributed by atoms with van der Waals surface area (Å²) in [6.07, 6.45) is 4.09. The number of hydrogen-bond acceptors (Lipinski definition) is 0. The van der Waals surface area contributed by atoms with Crippen LogP contribution in [0.3, 0.4) is 0 Å². The van der Waals surface area contributed by atoms with Gasteiger partial charge in [-0.05, 0) is 0 Å². The first kappa shape index (κ1) is 18.7. The van der Waals surface area contributed by atoms with Crippen LogP contribution in [0.4, 0.5) is 0 Å². The molecule has 26 heavy (non-hydrogen) atoms. The average Bonchev–Trinajstić information content (AvgIpc) is 3.13. The van der Waals surface area contributed by atoms with Gasteiger partial charge >= 0.3 is 162 Å². The fraction of sp³-hybridized carbons (Fsp3) is 0.500. The van der Waals surface area contributed by atoms with Gasteiger partial charge < -0.3 is 0 Å². The van der Waals surface area contributed by atoms with Crippen molar-refractivity contribution < 1.29 is 0 Å². The summed E-state index contributed by atoms with van der Waals surface area (Å²) in [6.45, 7) is 15.2. The first-order valence-corrected chi connectivity index (χ1v) is 14.1. The molecular weight excluding hydrogens is 350 g/mol. The second-order valence-corrected chi connectivity index (χ2v) is 19.1. The van der Waals surface area contributed by atoms with Crippen LogP contribution in [-0.4, -0.2) is 10.3 Å². The monoisotopic (exact) mass is 384 g/mol. The van der Waals surface area contributed by atoms with E-state index in [0.717, 1.165) is 5.40 Å². The molecule has 0 fully saturated rings. The van der Waals surface area contributed by atoms with Gasteiger partial charge in [0.2, 0.25) is 0 Å². The van der Waals surface area contributed by atoms with Crippen molar-refractivity contribution in [3.63, 3.8) is 0 Å². The Morgan fingerprint density at radius 3 is 1.77 bits per heavy atom. The Morgan fingerprint density at radius 2 is 1.27 bits per heavy atom. The van der Waals surface area contributed by atoms with E-state index in [0.29, 0.717) is 10.3 Å². The molecule has 0 radical (unpaired) electrons. The van der Waals surface area contributed by atoms with E-state index in [-0.39, 0.29) is 7.92 Å². The molecule has 0 unspecified atom stereocenters. The van der Waals surface area contributed by atoms with Crippen LogP contribution in [0.15, 0.2) is 48.5 Å². The molecule has 0 bridgehead atoms. The van der Waals surface area contributed by atoms with Gasteiger partial charge in [0.1, 0.15) is 0 Å². The van der Waals surface area contributed by atoms with E-state index in [1.54, 1.807) is 22.3 Å². The van der Waals surface area contributed by atoms with Crippen molar-refractivity contribution in [1.82, 2.24) is 0 Å². The van der Waals surface area contributed by atoms with Gasteiger partial charge in [-0.15, -0.1) is 0 Å². The molecule has 2 aromatic carbocycles. The third kappa shape index (κ3) is 2.80. The molecule has 0 aromatic heterocycles. The van der Waals surface area contributed by atoms with Gasteiger partial charge in [-0.25, -0.2) is 0 Å². The van der Waals surface area contributed by atoms with Crippen LogP contribution in [0.2, 0.25) is 0 Å². The summed E-state index contributed by atoms with van der Waals surface area (Å²) in [5, 5.41) is 1.67. The van der Waals surface area contributed by atoms with E-state index >= 15 is 0 Å². The van der Waals surface area contributed by atoms with Gasteiger partial charge in [-0.2, -0.15) is 0 Å². The third-order valence-electron chi connectivity index (χ3n) is 7.01. The molecule has 0 amide bonds. The zero-order valence-corrected chi connectivity index (χ0v) is 19.2. The molecule has 140 valence electrons. The minimum atomic E-state index is -1.60. The van der Waals surface area contributed by atoms with Crippen molar-refractivity contribution in [2.75, 3.05) is 0 Å². The molecule has 4 rings (SSSR count). The Labute approximate surface area is 161 Å². The first-order chi connectivity index (χ1) is 12.1. The number of rotatable bonds is 1. The van der Waals surface area contributed by atoms with Crippen molar-refractivity contribution in [3.8, 4) is 0 Å². The van der Waals surface area contributed by atoms with Crippen molar-refractivity contribution >= 4 is 15.2 Å². The Hall–Kier alpha value is -0.700. The van der Waals surface area contributed by atoms with Crippen LogP contribution in [-0.2, 0) is 18.5 Å². The Bertz CT molecular complexity index is 798. The van der Waals surface area contributed by atoms with Gasteiger partial charge in [0.15, 0.2) is 0 Å². The molecule has 0 aliphatic carbocycles. The molecule has 2 atom stereocenters. The van der Waals surface area contributed by atoms with Crippen LogP contribution in [0, 0.1) is 0 Å². The van der Waals surface area contributed by atoms with Gasteiger partial charge in [0, 0.05) is 0 Å². The van der Waals surface area contributed by atoms with Gasteiger partial charge in [-0.1, -0.05) is 0 Å². The molecular formula is C24H34P2. The Morgan fingerprint density at radius 1 is 0.769 bits per heavy atom. The van der Waals surface area contributed by atoms with Crippen molar-refractivity contribution in [3.05, 3.63) is 70.8 Å². The van der Waals surface area contributed by atoms with Crippen LogP contribution < -0.4 is 0 Å². The number of benzene rings is 2. The molecule has 2 aliphatic heterocycles. The Balaban J connectivity index is 1.91. The maximum atomic E-state index is 2.56. The van der Waals surface area contributed by atoms with E-state index in [9.17, 15) is 0 Å². The third-order valence-corrected chi connectivity index (χ3v) is 19.1. The zero-order chi connectivity index (χ0) is 18.7. The SMILES string of the molecule is CC(C)(C)[P@]1Cc2ccccc2[C@H]1[PH]1(C(C)(C)C)Cc2ccccc2C1. The van der Waals surface area contributed by atoms with E-state index in [2.05, 4.69) is 90.1 Å². The molecule has 2 aromatic rings. The molecule has 2 heterocycles. The van der Waals surface area contributed by atoms with Gasteiger partial charge in [0.05, 0.1) is 0 Å². The van der Waals surface area contributed by atoms with Crippen molar-refractivity contribution in [2.45, 2.75) is 75.7 Å². The fourth-order valence-electron chi connectivity index (χ4n) is 5.39. The standard InChI is InChI=1S/C24H34P2/c1-23(2,3)25-15-18-11-9-10-14-21(18)22(25)26(24(4,5)6)16-19-12-7-8-13-20(19)17-26/h7-14,22,26H,15-17H2,1-6H3/t22-,25-/m1/s1. The fourth-order valence-corrected chi connectivity index (χ4v) is 18.9. The van der Waals surface area contributed by atoms with E-state index in [1.165, 1.54) is 18.5 Å². The second kappa shape index (κ2) is 6.15.